The molecule has 0 spiro atoms. The van der Waals surface area contributed by atoms with Gasteiger partial charge in [-0.1, -0.05) is 6.42 Å². The van der Waals surface area contributed by atoms with Gasteiger partial charge in [0, 0.05) is 19.4 Å². The molecule has 0 fully saturated rings. The van der Waals surface area contributed by atoms with Crippen LogP contribution in [-0.2, 0) is 31.8 Å². The second kappa shape index (κ2) is 9.35. The fourth-order valence-corrected chi connectivity index (χ4v) is 5.32. The molecule has 1 atom stereocenters. The highest BCUT2D eigenvalue weighted by Gasteiger charge is 2.52. The highest BCUT2D eigenvalue weighted by molar-refractivity contribution is 7.86. The van der Waals surface area contributed by atoms with Crippen LogP contribution in [-0.4, -0.2) is 54.3 Å². The molecule has 1 aliphatic heterocycles. The monoisotopic (exact) mass is 504 g/mol. The topological polar surface area (TPSA) is 112 Å². The first-order chi connectivity index (χ1) is 14.5. The maximum atomic E-state index is 14.1. The van der Waals surface area contributed by atoms with Gasteiger partial charge in [0.1, 0.15) is 12.4 Å². The van der Waals surface area contributed by atoms with Gasteiger partial charge in [-0.2, -0.15) is 34.6 Å². The van der Waals surface area contributed by atoms with Gasteiger partial charge in [-0.25, -0.2) is 4.39 Å². The predicted molar refractivity (Wildman–Crippen MR) is 110 cm³/mol. The van der Waals surface area contributed by atoms with E-state index in [-0.39, 0.29) is 49.9 Å². The van der Waals surface area contributed by atoms with Crippen LogP contribution in [0.15, 0.2) is 12.1 Å². The Morgan fingerprint density at radius 3 is 2.00 bits per heavy atom. The van der Waals surface area contributed by atoms with Gasteiger partial charge in [0.25, 0.3) is 20.2 Å². The molecule has 0 bridgehead atoms. The molecule has 0 amide bonds. The number of nitrogens with zero attached hydrogens (tertiary/aromatic N) is 1. The lowest BCUT2D eigenvalue weighted by Crippen LogP contribution is -2.32. The number of benzene rings is 1. The molecule has 0 saturated carbocycles. The van der Waals surface area contributed by atoms with E-state index >= 15 is 0 Å². The Kier molecular flexibility index (Phi) is 7.80. The van der Waals surface area contributed by atoms with Crippen LogP contribution >= 0.6 is 0 Å². The molecule has 0 saturated heterocycles. The first-order valence-corrected chi connectivity index (χ1v) is 13.1. The fraction of sp³-hybridized carbons (Fsp3) is 0.632. The summed E-state index contributed by atoms with van der Waals surface area (Å²) >= 11 is 0. The zero-order chi connectivity index (χ0) is 24.5. The van der Waals surface area contributed by atoms with Crippen molar-refractivity contribution in [2.75, 3.05) is 18.1 Å². The number of halogens is 4. The second-order valence-corrected chi connectivity index (χ2v) is 11.3. The van der Waals surface area contributed by atoms with Crippen LogP contribution in [0.2, 0.25) is 0 Å². The molecule has 7 nitrogen and oxygen atoms in total. The minimum absolute atomic E-state index is 0.0268. The van der Waals surface area contributed by atoms with E-state index in [4.69, 9.17) is 9.11 Å². The lowest BCUT2D eigenvalue weighted by atomic mass is 9.74. The summed E-state index contributed by atoms with van der Waals surface area (Å²) < 4.78 is 119. The van der Waals surface area contributed by atoms with Crippen LogP contribution in [0.4, 0.5) is 23.2 Å². The predicted octanol–water partition coefficient (Wildman–Crippen LogP) is 3.95. The quantitative estimate of drug-likeness (QED) is 0.216. The summed E-state index contributed by atoms with van der Waals surface area (Å²) in [4.78, 5) is 0. The van der Waals surface area contributed by atoms with Crippen molar-refractivity contribution in [3.8, 4) is 0 Å². The van der Waals surface area contributed by atoms with Gasteiger partial charge < -0.3 is 0 Å². The Morgan fingerprint density at radius 2 is 1.50 bits per heavy atom. The average Bonchev–Trinajstić information content (AvgIpc) is 2.81. The van der Waals surface area contributed by atoms with Gasteiger partial charge >= 0.3 is 6.18 Å². The maximum Gasteiger partial charge on any atom is 0.417 e. The Labute approximate surface area is 184 Å². The molecule has 1 heterocycles. The van der Waals surface area contributed by atoms with Crippen molar-refractivity contribution in [2.24, 2.45) is 0 Å². The Hall–Kier alpha value is -1.57. The number of hydrogen-bond donors (Lipinski definition) is 2. The van der Waals surface area contributed by atoms with Crippen molar-refractivity contribution in [2.45, 2.75) is 57.5 Å². The van der Waals surface area contributed by atoms with Crippen molar-refractivity contribution in [3.05, 3.63) is 29.1 Å². The van der Waals surface area contributed by atoms with Crippen LogP contribution < -0.4 is 0 Å². The van der Waals surface area contributed by atoms with Crippen LogP contribution in [0.5, 0.6) is 0 Å². The molecule has 2 rings (SSSR count). The van der Waals surface area contributed by atoms with Gasteiger partial charge in [0.15, 0.2) is 5.71 Å². The number of alkyl halides is 3. The van der Waals surface area contributed by atoms with E-state index in [1.54, 1.807) is 13.8 Å². The largest absolute Gasteiger partial charge is 0.417 e. The lowest BCUT2D eigenvalue weighted by molar-refractivity contribution is -0.439. The Bertz CT molecular complexity index is 1110. The van der Waals surface area contributed by atoms with E-state index < -0.39 is 54.7 Å². The number of rotatable bonds is 10. The van der Waals surface area contributed by atoms with Gasteiger partial charge in [0.05, 0.1) is 28.0 Å². The summed E-state index contributed by atoms with van der Waals surface area (Å²) in [5.41, 5.74) is -1.91. The fourth-order valence-electron chi connectivity index (χ4n) is 4.18. The van der Waals surface area contributed by atoms with Crippen LogP contribution in [0.1, 0.15) is 57.1 Å². The molecule has 32 heavy (non-hydrogen) atoms. The van der Waals surface area contributed by atoms with Crippen molar-refractivity contribution >= 4 is 31.6 Å². The maximum absolute atomic E-state index is 14.1. The summed E-state index contributed by atoms with van der Waals surface area (Å²) in [5.74, 6) is -2.09. The van der Waals surface area contributed by atoms with E-state index in [1.165, 1.54) is 4.58 Å². The van der Waals surface area contributed by atoms with Gasteiger partial charge in [-0.3, -0.25) is 9.11 Å². The van der Waals surface area contributed by atoms with E-state index in [2.05, 4.69) is 0 Å². The molecule has 182 valence electrons. The number of unbranched alkanes of at least 4 members (excludes halogenated alkanes) is 2. The normalized spacial score (nSPS) is 19.5. The smallest absolute Gasteiger partial charge is 0.286 e. The summed E-state index contributed by atoms with van der Waals surface area (Å²) in [7, 11) is -8.39. The highest BCUT2D eigenvalue weighted by Crippen LogP contribution is 2.49. The zero-order valence-corrected chi connectivity index (χ0v) is 19.2. The summed E-state index contributed by atoms with van der Waals surface area (Å²) in [6.07, 6.45) is -4.20. The molecule has 1 aromatic carbocycles. The van der Waals surface area contributed by atoms with Crippen molar-refractivity contribution in [3.63, 3.8) is 0 Å². The van der Waals surface area contributed by atoms with E-state index in [0.29, 0.717) is 11.8 Å². The number of fused-ring (bicyclic) bond motifs is 1. The standard InChI is InChI=1S/C19H25F4NO6S2/c1-13-18(2,7-3-5-9-31(25,26)27)17-15(19(21,22)23)11-14(20)12-16(17)24(13)8-4-6-10-32(28,29)30/h11-12H,3-10H2,1-2H3,(H-,25,26,27,28,29,30)/p+1. The third-order valence-electron chi connectivity index (χ3n) is 5.80. The molecule has 0 aliphatic carbocycles. The van der Waals surface area contributed by atoms with Gasteiger partial charge in [0.2, 0.25) is 5.69 Å². The first-order valence-electron chi connectivity index (χ1n) is 9.89. The van der Waals surface area contributed by atoms with Crippen molar-refractivity contribution < 1.29 is 48.1 Å². The molecule has 0 radical (unpaired) electrons. The zero-order valence-electron chi connectivity index (χ0n) is 17.6. The Balaban J connectivity index is 2.45. The third kappa shape index (κ3) is 6.49. The SMILES string of the molecule is CC1=[N+](CCCCS(=O)(=O)O)c2cc(F)cc(C(F)(F)F)c2C1(C)CCCCS(=O)(=O)O. The second-order valence-electron chi connectivity index (χ2n) is 8.15. The minimum atomic E-state index is -4.83. The van der Waals surface area contributed by atoms with Gasteiger partial charge in [-0.05, 0) is 32.3 Å². The lowest BCUT2D eigenvalue weighted by Gasteiger charge is -2.25. The van der Waals surface area contributed by atoms with E-state index in [9.17, 15) is 34.4 Å². The number of hydrogen-bond acceptors (Lipinski definition) is 4. The van der Waals surface area contributed by atoms with E-state index in [0.717, 1.165) is 6.07 Å². The molecule has 1 aromatic rings. The average molecular weight is 505 g/mol. The van der Waals surface area contributed by atoms with Crippen LogP contribution in [0, 0.1) is 5.82 Å². The molecular formula is C19H26F4NO6S2+. The molecule has 1 aliphatic rings. The minimum Gasteiger partial charge on any atom is -0.286 e. The summed E-state index contributed by atoms with van der Waals surface area (Å²) in [6, 6.07) is 1.44. The summed E-state index contributed by atoms with van der Waals surface area (Å²) in [5, 5.41) is 0. The third-order valence-corrected chi connectivity index (χ3v) is 7.41. The molecule has 1 unspecified atom stereocenters. The van der Waals surface area contributed by atoms with Crippen LogP contribution in [0.3, 0.4) is 0 Å². The van der Waals surface area contributed by atoms with Crippen LogP contribution in [0.25, 0.3) is 0 Å². The van der Waals surface area contributed by atoms with E-state index in [1.807, 2.05) is 0 Å². The molecule has 2 N–H and O–H groups in total. The Morgan fingerprint density at radius 1 is 0.969 bits per heavy atom. The highest BCUT2D eigenvalue weighted by atomic mass is 32.2. The molecule has 13 heteroatoms. The first kappa shape index (κ1) is 26.7. The molecular weight excluding hydrogens is 478 g/mol. The summed E-state index contributed by atoms with van der Waals surface area (Å²) in [6.45, 7) is 3.28. The van der Waals surface area contributed by atoms with Gasteiger partial charge in [-0.15, -0.1) is 0 Å². The van der Waals surface area contributed by atoms with Crippen molar-refractivity contribution in [1.29, 1.82) is 0 Å². The van der Waals surface area contributed by atoms with Crippen molar-refractivity contribution in [1.82, 2.24) is 0 Å². The molecule has 0 aromatic heterocycles.